The van der Waals surface area contributed by atoms with Gasteiger partial charge in [-0.05, 0) is 24.6 Å². The fourth-order valence-corrected chi connectivity index (χ4v) is 1.44. The van der Waals surface area contributed by atoms with Crippen LogP contribution in [0.4, 0.5) is 0 Å². The maximum Gasteiger partial charge on any atom is 0.122 e. The van der Waals surface area contributed by atoms with E-state index in [0.29, 0.717) is 22.4 Å². The summed E-state index contributed by atoms with van der Waals surface area (Å²) >= 11 is 11.6. The molecule has 15 heavy (non-hydrogen) atoms. The smallest absolute Gasteiger partial charge is 0.122 e. The quantitative estimate of drug-likeness (QED) is 0.908. The normalized spacial score (nSPS) is 11.7. The lowest BCUT2D eigenvalue weighted by Crippen LogP contribution is -2.26. The minimum atomic E-state index is 0. The molecule has 0 radical (unpaired) electrons. The van der Waals surface area contributed by atoms with Crippen molar-refractivity contribution in [3.63, 3.8) is 0 Å². The molecule has 0 fully saturated rings. The highest BCUT2D eigenvalue weighted by Gasteiger charge is 2.02. The van der Waals surface area contributed by atoms with Gasteiger partial charge in [0, 0.05) is 16.1 Å². The number of hydrogen-bond donors (Lipinski definition) is 1. The van der Waals surface area contributed by atoms with Gasteiger partial charge in [0.15, 0.2) is 0 Å². The van der Waals surface area contributed by atoms with E-state index in [1.165, 1.54) is 0 Å². The molecule has 0 saturated heterocycles. The molecule has 0 aliphatic rings. The van der Waals surface area contributed by atoms with E-state index in [2.05, 4.69) is 0 Å². The van der Waals surface area contributed by atoms with Gasteiger partial charge in [0.05, 0.1) is 0 Å². The summed E-state index contributed by atoms with van der Waals surface area (Å²) in [6, 6.07) is 5.15. The minimum absolute atomic E-state index is 0. The molecule has 1 unspecified atom stereocenters. The first-order valence-electron chi connectivity index (χ1n) is 4.46. The molecule has 1 atom stereocenters. The van der Waals surface area contributed by atoms with E-state index < -0.39 is 0 Å². The van der Waals surface area contributed by atoms with Crippen LogP contribution >= 0.6 is 35.6 Å². The molecule has 2 nitrogen and oxygen atoms in total. The van der Waals surface area contributed by atoms with Gasteiger partial charge < -0.3 is 10.5 Å². The molecule has 1 aromatic carbocycles. The van der Waals surface area contributed by atoms with Gasteiger partial charge in [-0.2, -0.15) is 0 Å². The van der Waals surface area contributed by atoms with Crippen LogP contribution < -0.4 is 10.5 Å². The van der Waals surface area contributed by atoms with Crippen LogP contribution in [0.3, 0.4) is 0 Å². The van der Waals surface area contributed by atoms with Crippen LogP contribution in [0.25, 0.3) is 0 Å². The van der Waals surface area contributed by atoms with Crippen molar-refractivity contribution in [3.8, 4) is 5.75 Å². The average molecular weight is 271 g/mol. The van der Waals surface area contributed by atoms with Gasteiger partial charge in [0.2, 0.25) is 0 Å². The number of nitrogens with two attached hydrogens (primary N) is 1. The van der Waals surface area contributed by atoms with Gasteiger partial charge in [0.25, 0.3) is 0 Å². The molecule has 0 bridgehead atoms. The molecule has 2 N–H and O–H groups in total. The molecule has 86 valence electrons. The topological polar surface area (TPSA) is 35.2 Å². The van der Waals surface area contributed by atoms with Crippen molar-refractivity contribution in [2.24, 2.45) is 5.73 Å². The lowest BCUT2D eigenvalue weighted by molar-refractivity contribution is 0.285. The lowest BCUT2D eigenvalue weighted by Gasteiger charge is -2.11. The molecule has 0 aliphatic heterocycles. The van der Waals surface area contributed by atoms with E-state index in [-0.39, 0.29) is 18.4 Å². The minimum Gasteiger partial charge on any atom is -0.492 e. The van der Waals surface area contributed by atoms with Crippen LogP contribution in [0.2, 0.25) is 10.0 Å². The zero-order valence-corrected chi connectivity index (χ0v) is 10.7. The average Bonchev–Trinajstić information content (AvgIpc) is 2.12. The molecule has 0 saturated carbocycles. The molecule has 0 aliphatic carbocycles. The fraction of sp³-hybridized carbons (Fsp3) is 0.400. The molecule has 1 aromatic rings. The Morgan fingerprint density at radius 2 is 1.80 bits per heavy atom. The molecule has 0 amide bonds. The Balaban J connectivity index is 0.00000196. The maximum absolute atomic E-state index is 5.80. The summed E-state index contributed by atoms with van der Waals surface area (Å²) < 4.78 is 5.43. The zero-order chi connectivity index (χ0) is 10.6. The summed E-state index contributed by atoms with van der Waals surface area (Å²) in [5.41, 5.74) is 5.71. The summed E-state index contributed by atoms with van der Waals surface area (Å²) in [7, 11) is 0. The van der Waals surface area contributed by atoms with E-state index in [4.69, 9.17) is 33.7 Å². The maximum atomic E-state index is 5.80. The Labute approximate surface area is 106 Å². The van der Waals surface area contributed by atoms with Crippen molar-refractivity contribution < 1.29 is 4.74 Å². The molecular formula is C10H14Cl3NO. The summed E-state index contributed by atoms with van der Waals surface area (Å²) in [6.07, 6.45) is 0.883. The van der Waals surface area contributed by atoms with Crippen LogP contribution in [0, 0.1) is 0 Å². The van der Waals surface area contributed by atoms with Crippen molar-refractivity contribution in [1.82, 2.24) is 0 Å². The molecule has 0 spiro atoms. The number of ether oxygens (including phenoxy) is 1. The van der Waals surface area contributed by atoms with Crippen LogP contribution in [-0.4, -0.2) is 12.6 Å². The molecule has 1 rings (SSSR count). The first-order valence-corrected chi connectivity index (χ1v) is 5.22. The largest absolute Gasteiger partial charge is 0.492 e. The predicted molar refractivity (Wildman–Crippen MR) is 67.5 cm³/mol. The van der Waals surface area contributed by atoms with E-state index in [0.717, 1.165) is 6.42 Å². The van der Waals surface area contributed by atoms with Crippen molar-refractivity contribution >= 4 is 35.6 Å². The van der Waals surface area contributed by atoms with Crippen molar-refractivity contribution in [3.05, 3.63) is 28.2 Å². The molecular weight excluding hydrogens is 256 g/mol. The van der Waals surface area contributed by atoms with Crippen LogP contribution in [0.5, 0.6) is 5.75 Å². The number of halogens is 3. The van der Waals surface area contributed by atoms with Crippen molar-refractivity contribution in [2.75, 3.05) is 6.61 Å². The van der Waals surface area contributed by atoms with Gasteiger partial charge in [-0.15, -0.1) is 12.4 Å². The predicted octanol–water partition coefficient (Wildman–Crippen LogP) is 3.53. The van der Waals surface area contributed by atoms with Gasteiger partial charge in [-0.3, -0.25) is 0 Å². The first-order chi connectivity index (χ1) is 6.61. The lowest BCUT2D eigenvalue weighted by atomic mass is 10.2. The van der Waals surface area contributed by atoms with Crippen LogP contribution in [0.1, 0.15) is 13.3 Å². The number of hydrogen-bond acceptors (Lipinski definition) is 2. The first kappa shape index (κ1) is 14.8. The van der Waals surface area contributed by atoms with E-state index in [9.17, 15) is 0 Å². The third-order valence-corrected chi connectivity index (χ3v) is 2.26. The summed E-state index contributed by atoms with van der Waals surface area (Å²) in [5.74, 6) is 0.659. The summed E-state index contributed by atoms with van der Waals surface area (Å²) in [5, 5.41) is 1.13. The summed E-state index contributed by atoms with van der Waals surface area (Å²) in [4.78, 5) is 0. The summed E-state index contributed by atoms with van der Waals surface area (Å²) in [6.45, 7) is 2.49. The Kier molecular flexibility index (Phi) is 7.11. The highest BCUT2D eigenvalue weighted by Crippen LogP contribution is 2.24. The molecule has 5 heteroatoms. The van der Waals surface area contributed by atoms with E-state index in [1.807, 2.05) is 6.92 Å². The third kappa shape index (κ3) is 5.47. The number of benzene rings is 1. The van der Waals surface area contributed by atoms with E-state index in [1.54, 1.807) is 18.2 Å². The Morgan fingerprint density at radius 3 is 2.27 bits per heavy atom. The second kappa shape index (κ2) is 7.18. The molecule has 0 aromatic heterocycles. The number of rotatable bonds is 4. The highest BCUT2D eigenvalue weighted by molar-refractivity contribution is 6.34. The fourth-order valence-electron chi connectivity index (χ4n) is 0.933. The van der Waals surface area contributed by atoms with Crippen molar-refractivity contribution in [1.29, 1.82) is 0 Å². The Bertz CT molecular complexity index is 286. The van der Waals surface area contributed by atoms with Crippen LogP contribution in [0.15, 0.2) is 18.2 Å². The van der Waals surface area contributed by atoms with Gasteiger partial charge in [-0.1, -0.05) is 30.1 Å². The second-order valence-corrected chi connectivity index (χ2v) is 3.96. The second-order valence-electron chi connectivity index (χ2n) is 3.08. The Morgan fingerprint density at radius 1 is 1.27 bits per heavy atom. The van der Waals surface area contributed by atoms with E-state index >= 15 is 0 Å². The highest BCUT2D eigenvalue weighted by atomic mass is 35.5. The zero-order valence-electron chi connectivity index (χ0n) is 8.37. The van der Waals surface area contributed by atoms with Crippen LogP contribution in [-0.2, 0) is 0 Å². The standard InChI is InChI=1S/C10H13Cl2NO.ClH/c1-2-9(13)6-14-10-4-7(11)3-8(12)5-10;/h3-5,9H,2,6,13H2,1H3;1H. The Hall–Kier alpha value is -0.150. The SMILES string of the molecule is CCC(N)COc1cc(Cl)cc(Cl)c1.Cl. The van der Waals surface area contributed by atoms with Gasteiger partial charge in [-0.25, -0.2) is 0 Å². The third-order valence-electron chi connectivity index (χ3n) is 1.82. The van der Waals surface area contributed by atoms with Crippen molar-refractivity contribution in [2.45, 2.75) is 19.4 Å². The molecule has 0 heterocycles. The van der Waals surface area contributed by atoms with Gasteiger partial charge in [0.1, 0.15) is 12.4 Å². The van der Waals surface area contributed by atoms with Gasteiger partial charge >= 0.3 is 0 Å². The monoisotopic (exact) mass is 269 g/mol.